The van der Waals surface area contributed by atoms with Crippen molar-refractivity contribution in [2.45, 2.75) is 32.5 Å². The second-order valence-corrected chi connectivity index (χ2v) is 8.12. The molecule has 29 heavy (non-hydrogen) atoms. The largest absolute Gasteiger partial charge is 0.434 e. The van der Waals surface area contributed by atoms with Crippen molar-refractivity contribution in [1.82, 2.24) is 15.5 Å². The van der Waals surface area contributed by atoms with Crippen molar-refractivity contribution in [2.24, 2.45) is 10.9 Å². The van der Waals surface area contributed by atoms with E-state index in [2.05, 4.69) is 42.8 Å². The molecule has 1 aromatic carbocycles. The lowest BCUT2D eigenvalue weighted by atomic mass is 9.97. The zero-order valence-electron chi connectivity index (χ0n) is 16.6. The fourth-order valence-electron chi connectivity index (χ4n) is 3.47. The zero-order chi connectivity index (χ0) is 20.5. The Morgan fingerprint density at radius 1 is 1.21 bits per heavy atom. The van der Waals surface area contributed by atoms with Gasteiger partial charge >= 0.3 is 6.61 Å². The number of rotatable bonds is 8. The van der Waals surface area contributed by atoms with Crippen molar-refractivity contribution in [3.8, 4) is 5.75 Å². The Bertz CT molecular complexity index is 762. The fourth-order valence-corrected chi connectivity index (χ4v) is 4.22. The van der Waals surface area contributed by atoms with Gasteiger partial charge in [0.1, 0.15) is 5.75 Å². The highest BCUT2D eigenvalue weighted by molar-refractivity contribution is 7.09. The molecule has 0 radical (unpaired) electrons. The van der Waals surface area contributed by atoms with Gasteiger partial charge in [-0.2, -0.15) is 8.78 Å². The van der Waals surface area contributed by atoms with Gasteiger partial charge in [0.25, 0.3) is 0 Å². The molecule has 3 rings (SSSR count). The molecule has 0 amide bonds. The number of aliphatic imine (C=N–C) groups is 1. The minimum Gasteiger partial charge on any atom is -0.434 e. The number of nitrogens with zero attached hydrogens (tertiary/aromatic N) is 2. The third kappa shape index (κ3) is 6.97. The topological polar surface area (TPSA) is 48.9 Å². The van der Waals surface area contributed by atoms with E-state index in [0.717, 1.165) is 39.0 Å². The van der Waals surface area contributed by atoms with Crippen molar-refractivity contribution in [3.63, 3.8) is 0 Å². The molecular weight excluding hydrogens is 394 g/mol. The molecule has 5 nitrogen and oxygen atoms in total. The minimum atomic E-state index is -2.83. The maximum atomic E-state index is 12.5. The Morgan fingerprint density at radius 3 is 2.69 bits per heavy atom. The van der Waals surface area contributed by atoms with E-state index in [9.17, 15) is 8.78 Å². The predicted molar refractivity (Wildman–Crippen MR) is 114 cm³/mol. The smallest absolute Gasteiger partial charge is 0.387 e. The number of alkyl halides is 2. The lowest BCUT2D eigenvalue weighted by Gasteiger charge is -2.32. The quantitative estimate of drug-likeness (QED) is 0.500. The van der Waals surface area contributed by atoms with Crippen molar-refractivity contribution >= 4 is 17.3 Å². The van der Waals surface area contributed by atoms with E-state index in [1.165, 1.54) is 4.88 Å². The monoisotopic (exact) mass is 422 g/mol. The van der Waals surface area contributed by atoms with Gasteiger partial charge in [-0.15, -0.1) is 11.3 Å². The Balaban J connectivity index is 1.40. The van der Waals surface area contributed by atoms with Crippen LogP contribution in [-0.2, 0) is 13.1 Å². The lowest BCUT2D eigenvalue weighted by Crippen LogP contribution is -2.42. The van der Waals surface area contributed by atoms with Crippen molar-refractivity contribution < 1.29 is 13.5 Å². The van der Waals surface area contributed by atoms with Crippen LogP contribution in [0.3, 0.4) is 0 Å². The van der Waals surface area contributed by atoms with Crippen LogP contribution in [0.4, 0.5) is 8.78 Å². The first-order valence-electron chi connectivity index (χ1n) is 9.86. The minimum absolute atomic E-state index is 0.184. The van der Waals surface area contributed by atoms with E-state index in [0.29, 0.717) is 24.0 Å². The van der Waals surface area contributed by atoms with Crippen LogP contribution in [0.1, 0.15) is 23.3 Å². The third-order valence-electron chi connectivity index (χ3n) is 5.08. The van der Waals surface area contributed by atoms with Crippen LogP contribution in [0.25, 0.3) is 0 Å². The Labute approximate surface area is 174 Å². The highest BCUT2D eigenvalue weighted by Crippen LogP contribution is 2.21. The van der Waals surface area contributed by atoms with Gasteiger partial charge in [-0.3, -0.25) is 9.89 Å². The summed E-state index contributed by atoms with van der Waals surface area (Å²) in [6, 6.07) is 11.1. The maximum Gasteiger partial charge on any atom is 0.387 e. The molecule has 0 aliphatic carbocycles. The van der Waals surface area contributed by atoms with E-state index < -0.39 is 6.61 Å². The number of ether oxygens (including phenoxy) is 1. The molecule has 2 N–H and O–H groups in total. The average molecular weight is 423 g/mol. The summed E-state index contributed by atoms with van der Waals surface area (Å²) in [7, 11) is 1.71. The van der Waals surface area contributed by atoms with Gasteiger partial charge in [0.2, 0.25) is 0 Å². The van der Waals surface area contributed by atoms with Gasteiger partial charge in [0.15, 0.2) is 5.96 Å². The van der Waals surface area contributed by atoms with E-state index in [1.54, 1.807) is 31.3 Å². The van der Waals surface area contributed by atoms with E-state index >= 15 is 0 Å². The second kappa shape index (κ2) is 11.1. The van der Waals surface area contributed by atoms with Crippen LogP contribution >= 0.6 is 11.3 Å². The van der Waals surface area contributed by atoms with Gasteiger partial charge in [-0.05, 0) is 49.4 Å². The molecule has 1 aliphatic rings. The van der Waals surface area contributed by atoms with Gasteiger partial charge in [0, 0.05) is 37.1 Å². The molecule has 0 atom stereocenters. The summed E-state index contributed by atoms with van der Waals surface area (Å²) in [5.74, 6) is 1.45. The van der Waals surface area contributed by atoms with Crippen molar-refractivity contribution in [1.29, 1.82) is 0 Å². The maximum absolute atomic E-state index is 12.5. The molecule has 0 bridgehead atoms. The molecule has 0 unspecified atom stereocenters. The van der Waals surface area contributed by atoms with Crippen LogP contribution in [-0.4, -0.2) is 44.2 Å². The third-order valence-corrected chi connectivity index (χ3v) is 5.94. The zero-order valence-corrected chi connectivity index (χ0v) is 17.4. The number of guanidine groups is 1. The summed E-state index contributed by atoms with van der Waals surface area (Å²) in [5, 5.41) is 8.67. The first kappa shape index (κ1) is 21.5. The molecule has 158 valence electrons. The molecule has 1 saturated heterocycles. The van der Waals surface area contributed by atoms with Crippen LogP contribution in [0.2, 0.25) is 0 Å². The Morgan fingerprint density at radius 2 is 2.00 bits per heavy atom. The number of nitrogens with one attached hydrogen (secondary N) is 2. The number of likely N-dealkylation sites (tertiary alicyclic amines) is 1. The molecule has 8 heteroatoms. The van der Waals surface area contributed by atoms with Crippen LogP contribution in [0, 0.1) is 5.92 Å². The standard InChI is InChI=1S/C21H28F2N4OS/c1-24-21(26-14-17-5-2-3-7-19(17)28-20(22)23)25-13-16-8-10-27(11-9-16)15-18-6-4-12-29-18/h2-7,12,16,20H,8-11,13-15H2,1H3,(H2,24,25,26). The number of piperidine rings is 1. The number of thiophene rings is 1. The highest BCUT2D eigenvalue weighted by atomic mass is 32.1. The molecule has 2 aromatic rings. The van der Waals surface area contributed by atoms with Gasteiger partial charge in [0.05, 0.1) is 0 Å². The summed E-state index contributed by atoms with van der Waals surface area (Å²) >= 11 is 1.81. The SMILES string of the molecule is CN=C(NCc1ccccc1OC(F)F)NCC1CCN(Cc2cccs2)CC1. The van der Waals surface area contributed by atoms with Crippen molar-refractivity contribution in [3.05, 3.63) is 52.2 Å². The number of para-hydroxylation sites is 1. The molecule has 2 heterocycles. The van der Waals surface area contributed by atoms with Gasteiger partial charge in [-0.25, -0.2) is 0 Å². The first-order valence-corrected chi connectivity index (χ1v) is 10.7. The Hall–Kier alpha value is -2.19. The summed E-state index contributed by atoms with van der Waals surface area (Å²) < 4.78 is 29.7. The van der Waals surface area contributed by atoms with Crippen LogP contribution < -0.4 is 15.4 Å². The van der Waals surface area contributed by atoms with E-state index in [4.69, 9.17) is 0 Å². The summed E-state index contributed by atoms with van der Waals surface area (Å²) in [6.45, 7) is 1.63. The normalized spacial score (nSPS) is 16.2. The van der Waals surface area contributed by atoms with Crippen LogP contribution in [0.15, 0.2) is 46.8 Å². The first-order chi connectivity index (χ1) is 14.1. The number of halogens is 2. The molecule has 1 fully saturated rings. The summed E-state index contributed by atoms with van der Waals surface area (Å²) in [5.41, 5.74) is 0.664. The van der Waals surface area contributed by atoms with E-state index in [1.807, 2.05) is 11.3 Å². The molecular formula is C21H28F2N4OS. The number of benzene rings is 1. The van der Waals surface area contributed by atoms with Crippen LogP contribution in [0.5, 0.6) is 5.75 Å². The predicted octanol–water partition coefficient (Wildman–Crippen LogP) is 3.93. The van der Waals surface area contributed by atoms with Gasteiger partial charge < -0.3 is 15.4 Å². The fraction of sp³-hybridized carbons (Fsp3) is 0.476. The van der Waals surface area contributed by atoms with Gasteiger partial charge in [-0.1, -0.05) is 24.3 Å². The average Bonchev–Trinajstić information content (AvgIpc) is 3.23. The van der Waals surface area contributed by atoms with Crippen molar-refractivity contribution in [2.75, 3.05) is 26.7 Å². The van der Waals surface area contributed by atoms with E-state index in [-0.39, 0.29) is 5.75 Å². The molecule has 1 aromatic heterocycles. The molecule has 0 saturated carbocycles. The molecule has 1 aliphatic heterocycles. The highest BCUT2D eigenvalue weighted by Gasteiger charge is 2.19. The lowest BCUT2D eigenvalue weighted by molar-refractivity contribution is -0.0504. The number of hydrogen-bond acceptors (Lipinski definition) is 4. The second-order valence-electron chi connectivity index (χ2n) is 7.09. The number of hydrogen-bond donors (Lipinski definition) is 2. The Kier molecular flexibility index (Phi) is 8.25. The molecule has 0 spiro atoms. The summed E-state index contributed by atoms with van der Waals surface area (Å²) in [6.07, 6.45) is 2.31. The summed E-state index contributed by atoms with van der Waals surface area (Å²) in [4.78, 5) is 8.17.